The molecule has 0 bridgehead atoms. The molecule has 176 valence electrons. The number of carbonyl (C=O) groups excluding carboxylic acids is 1. The van der Waals surface area contributed by atoms with Crippen LogP contribution >= 0.6 is 0 Å². The molecular formula is C21H15F4N5O3S. The highest BCUT2D eigenvalue weighted by Crippen LogP contribution is 2.27. The van der Waals surface area contributed by atoms with Crippen LogP contribution < -0.4 is 4.90 Å². The molecule has 3 aromatic rings. The van der Waals surface area contributed by atoms with Gasteiger partial charge in [-0.15, -0.1) is 10.2 Å². The number of alkyl halides is 2. The second kappa shape index (κ2) is 9.09. The average Bonchev–Trinajstić information content (AvgIpc) is 3.29. The third-order valence-electron chi connectivity index (χ3n) is 4.69. The van der Waals surface area contributed by atoms with E-state index in [2.05, 4.69) is 10.2 Å². The summed E-state index contributed by atoms with van der Waals surface area (Å²) in [4.78, 5) is 15.3. The zero-order valence-corrected chi connectivity index (χ0v) is 17.9. The van der Waals surface area contributed by atoms with Gasteiger partial charge < -0.3 is 4.42 Å². The first-order valence-corrected chi connectivity index (χ1v) is 11.2. The molecule has 0 saturated heterocycles. The predicted molar refractivity (Wildman–Crippen MR) is 114 cm³/mol. The molecule has 34 heavy (non-hydrogen) atoms. The molecule has 2 heterocycles. The van der Waals surface area contributed by atoms with Gasteiger partial charge in [0.15, 0.2) is 0 Å². The number of hydrogen-bond donors (Lipinski definition) is 1. The number of amides is 2. The number of nitrogens with zero attached hydrogens (tertiary/aromatic N) is 4. The van der Waals surface area contributed by atoms with E-state index in [0.29, 0.717) is 0 Å². The van der Waals surface area contributed by atoms with Crippen LogP contribution in [0.1, 0.15) is 17.9 Å². The van der Waals surface area contributed by atoms with Crippen LogP contribution in [-0.4, -0.2) is 25.3 Å². The summed E-state index contributed by atoms with van der Waals surface area (Å²) >= 11 is 0. The van der Waals surface area contributed by atoms with Crippen molar-refractivity contribution in [2.45, 2.75) is 13.0 Å². The van der Waals surface area contributed by atoms with Crippen molar-refractivity contribution in [1.29, 1.82) is 4.78 Å². The molecular weight excluding hydrogens is 478 g/mol. The third kappa shape index (κ3) is 4.98. The molecule has 4 rings (SSSR count). The molecule has 1 aliphatic rings. The zero-order chi connectivity index (χ0) is 24.5. The van der Waals surface area contributed by atoms with E-state index in [4.69, 9.17) is 9.20 Å². The Hall–Kier alpha value is -4.00. The number of carbonyl (C=O) groups is 1. The topological polar surface area (TPSA) is 103 Å². The first-order valence-electron chi connectivity index (χ1n) is 9.54. The van der Waals surface area contributed by atoms with Crippen molar-refractivity contribution >= 4 is 21.4 Å². The van der Waals surface area contributed by atoms with Crippen LogP contribution in [0.3, 0.4) is 0 Å². The van der Waals surface area contributed by atoms with Crippen molar-refractivity contribution in [3.05, 3.63) is 88.8 Å². The fraction of sp³-hybridized carbons (Fsp3) is 0.0952. The molecule has 0 fully saturated rings. The minimum absolute atomic E-state index is 0.0456. The van der Waals surface area contributed by atoms with Gasteiger partial charge in [0.2, 0.25) is 5.89 Å². The summed E-state index contributed by atoms with van der Waals surface area (Å²) < 4.78 is 77.8. The summed E-state index contributed by atoms with van der Waals surface area (Å²) in [6.07, 6.45) is -0.657. The van der Waals surface area contributed by atoms with Gasteiger partial charge in [0.25, 0.3) is 5.89 Å². The Bertz CT molecular complexity index is 1370. The highest BCUT2D eigenvalue weighted by Gasteiger charge is 2.24. The Labute approximate surface area is 190 Å². The number of benzene rings is 2. The Kier molecular flexibility index (Phi) is 6.20. The molecule has 1 aliphatic heterocycles. The van der Waals surface area contributed by atoms with E-state index < -0.39 is 39.7 Å². The number of nitrogens with one attached hydrogen (secondary N) is 1. The van der Waals surface area contributed by atoms with Crippen LogP contribution in [-0.2, 0) is 16.3 Å². The predicted octanol–water partition coefficient (Wildman–Crippen LogP) is 5.38. The monoisotopic (exact) mass is 493 g/mol. The van der Waals surface area contributed by atoms with Crippen molar-refractivity contribution in [1.82, 2.24) is 15.1 Å². The van der Waals surface area contributed by atoms with Gasteiger partial charge in [-0.05, 0) is 36.4 Å². The minimum atomic E-state index is -3.10. The molecule has 0 radical (unpaired) electrons. The third-order valence-corrected chi connectivity index (χ3v) is 5.75. The lowest BCUT2D eigenvalue weighted by atomic mass is 10.1. The highest BCUT2D eigenvalue weighted by molar-refractivity contribution is 7.98. The van der Waals surface area contributed by atoms with Crippen molar-refractivity contribution in [3.8, 4) is 11.5 Å². The summed E-state index contributed by atoms with van der Waals surface area (Å²) in [5, 5.41) is 8.76. The number of rotatable bonds is 5. The number of urea groups is 1. The SMILES string of the molecule is N=S1(=O)C=CN(C(=O)N(Cc2ccc(-c3nnc(C(F)F)o3)cc2F)c2ccc(F)cc2)C=C1. The van der Waals surface area contributed by atoms with Crippen LogP contribution in [0.2, 0.25) is 0 Å². The maximum absolute atomic E-state index is 14.9. The first kappa shape index (κ1) is 23.2. The van der Waals surface area contributed by atoms with Gasteiger partial charge in [-0.1, -0.05) is 6.07 Å². The van der Waals surface area contributed by atoms with Gasteiger partial charge >= 0.3 is 12.5 Å². The van der Waals surface area contributed by atoms with Gasteiger partial charge in [0, 0.05) is 40.0 Å². The van der Waals surface area contributed by atoms with Crippen molar-refractivity contribution < 1.29 is 31.0 Å². The van der Waals surface area contributed by atoms with Crippen LogP contribution in [0.15, 0.2) is 70.1 Å². The van der Waals surface area contributed by atoms with E-state index in [1.807, 2.05) is 0 Å². The van der Waals surface area contributed by atoms with E-state index in [9.17, 15) is 26.6 Å². The van der Waals surface area contributed by atoms with E-state index in [0.717, 1.165) is 51.2 Å². The molecule has 0 unspecified atom stereocenters. The lowest BCUT2D eigenvalue weighted by Crippen LogP contribution is -2.38. The summed E-state index contributed by atoms with van der Waals surface area (Å²) in [6, 6.07) is 7.92. The zero-order valence-electron chi connectivity index (χ0n) is 17.1. The van der Waals surface area contributed by atoms with E-state index in [1.54, 1.807) is 0 Å². The molecule has 0 saturated carbocycles. The molecule has 2 aromatic carbocycles. The van der Waals surface area contributed by atoms with Crippen molar-refractivity contribution in [2.24, 2.45) is 0 Å². The molecule has 13 heteroatoms. The number of halogens is 4. The quantitative estimate of drug-likeness (QED) is 0.481. The van der Waals surface area contributed by atoms with E-state index in [1.165, 1.54) is 24.3 Å². The van der Waals surface area contributed by atoms with Crippen LogP contribution in [0.25, 0.3) is 11.5 Å². The van der Waals surface area contributed by atoms with Crippen molar-refractivity contribution in [2.75, 3.05) is 4.90 Å². The maximum atomic E-state index is 14.9. The van der Waals surface area contributed by atoms with E-state index in [-0.39, 0.29) is 29.2 Å². The van der Waals surface area contributed by atoms with Gasteiger partial charge in [-0.2, -0.15) is 8.78 Å². The molecule has 0 atom stereocenters. The Morgan fingerprint density at radius 1 is 1.09 bits per heavy atom. The number of anilines is 1. The Balaban J connectivity index is 1.64. The fourth-order valence-corrected chi connectivity index (χ4v) is 3.70. The summed E-state index contributed by atoms with van der Waals surface area (Å²) in [5.74, 6) is -2.52. The normalized spacial score (nSPS) is 14.6. The maximum Gasteiger partial charge on any atom is 0.332 e. The largest absolute Gasteiger partial charge is 0.415 e. The smallest absolute Gasteiger partial charge is 0.332 e. The lowest BCUT2D eigenvalue weighted by molar-refractivity contribution is 0.116. The van der Waals surface area contributed by atoms with Gasteiger partial charge in [0.1, 0.15) is 11.6 Å². The van der Waals surface area contributed by atoms with E-state index >= 15 is 0 Å². The summed E-state index contributed by atoms with van der Waals surface area (Å²) in [6.45, 7) is -0.295. The summed E-state index contributed by atoms with van der Waals surface area (Å²) in [5.41, 5.74) is 0.351. The van der Waals surface area contributed by atoms with Gasteiger partial charge in [-0.3, -0.25) is 9.80 Å². The Morgan fingerprint density at radius 3 is 2.35 bits per heavy atom. The number of aromatic nitrogens is 2. The standard InChI is InChI=1S/C21H15F4N5O3S/c22-15-3-5-16(6-4-15)30(21(31)29-7-9-34(26,32)10-8-29)12-14-2-1-13(11-17(14)23)19-27-28-20(33-19)18(24)25/h1-11,18,26H,12H2. The minimum Gasteiger partial charge on any atom is -0.415 e. The number of hydrogen-bond acceptors (Lipinski definition) is 6. The second-order valence-electron chi connectivity index (χ2n) is 7.02. The first-order chi connectivity index (χ1) is 16.1. The summed E-state index contributed by atoms with van der Waals surface area (Å²) in [7, 11) is -3.10. The van der Waals surface area contributed by atoms with Crippen LogP contribution in [0.5, 0.6) is 0 Å². The fourth-order valence-electron chi connectivity index (χ4n) is 2.98. The Morgan fingerprint density at radius 2 is 1.76 bits per heavy atom. The molecule has 0 spiro atoms. The molecule has 1 aromatic heterocycles. The van der Waals surface area contributed by atoms with Crippen molar-refractivity contribution in [3.63, 3.8) is 0 Å². The van der Waals surface area contributed by atoms with Gasteiger partial charge in [-0.25, -0.2) is 22.6 Å². The lowest BCUT2D eigenvalue weighted by Gasteiger charge is -2.28. The average molecular weight is 493 g/mol. The highest BCUT2D eigenvalue weighted by atomic mass is 32.2. The molecule has 2 amide bonds. The van der Waals surface area contributed by atoms with Crippen LogP contribution in [0, 0.1) is 16.4 Å². The second-order valence-corrected chi connectivity index (χ2v) is 8.86. The van der Waals surface area contributed by atoms with Crippen LogP contribution in [0.4, 0.5) is 28.0 Å². The molecule has 8 nitrogen and oxygen atoms in total. The molecule has 1 N–H and O–H groups in total. The van der Waals surface area contributed by atoms with Gasteiger partial charge in [0.05, 0.1) is 16.3 Å². The molecule has 0 aliphatic carbocycles.